The number of rotatable bonds is 4. The molecule has 92 valence electrons. The summed E-state index contributed by atoms with van der Waals surface area (Å²) in [5.74, 6) is 0. The molecule has 0 fully saturated rings. The van der Waals surface area contributed by atoms with Crippen LogP contribution in [-0.4, -0.2) is 56.3 Å². The first kappa shape index (κ1) is 13.7. The Morgan fingerprint density at radius 1 is 1.00 bits per heavy atom. The van der Waals surface area contributed by atoms with E-state index < -0.39 is 7.51 Å². The van der Waals surface area contributed by atoms with Crippen molar-refractivity contribution in [2.45, 2.75) is 6.42 Å². The zero-order valence-corrected chi connectivity index (χ0v) is 12.1. The molecule has 0 aromatic carbocycles. The monoisotopic (exact) mass is 242 g/mol. The van der Waals surface area contributed by atoms with Crippen molar-refractivity contribution in [2.24, 2.45) is 4.74 Å². The lowest BCUT2D eigenvalue weighted by atomic mass is 10.4. The van der Waals surface area contributed by atoms with Gasteiger partial charge in [0.05, 0.1) is 0 Å². The Bertz CT molecular complexity index is 324. The topological polar surface area (TPSA) is 22.1 Å². The Labute approximate surface area is 99.4 Å². The normalized spacial score (nSPS) is 16.4. The second-order valence-electron chi connectivity index (χ2n) is 4.47. The first-order valence-corrected chi connectivity index (χ1v) is 7.02. The van der Waals surface area contributed by atoms with Gasteiger partial charge in [0.25, 0.3) is 0 Å². The van der Waals surface area contributed by atoms with Crippen molar-refractivity contribution >= 4 is 7.51 Å². The fraction of sp³-hybridized carbons (Fsp3) is 0.636. The van der Waals surface area contributed by atoms with E-state index in [9.17, 15) is 0 Å². The van der Waals surface area contributed by atoms with Gasteiger partial charge in [-0.2, -0.15) is 0 Å². The van der Waals surface area contributed by atoms with Gasteiger partial charge < -0.3 is 0 Å². The Kier molecular flexibility index (Phi) is 4.51. The molecule has 0 spiro atoms. The van der Waals surface area contributed by atoms with E-state index in [4.69, 9.17) is 4.74 Å². The second-order valence-corrected chi connectivity index (χ2v) is 8.14. The maximum atomic E-state index is 4.99. The zero-order valence-electron chi connectivity index (χ0n) is 11.2. The average molecular weight is 242 g/mol. The molecule has 0 radical (unpaired) electrons. The predicted octanol–water partition coefficient (Wildman–Crippen LogP) is 2.46. The minimum absolute atomic E-state index is 0.956. The highest BCUT2D eigenvalue weighted by Crippen LogP contribution is 2.56. The van der Waals surface area contributed by atoms with Crippen molar-refractivity contribution in [2.75, 3.05) is 42.3 Å². The smallest absolute Gasteiger partial charge is 0.171 e. The Morgan fingerprint density at radius 2 is 1.50 bits per heavy atom. The summed E-state index contributed by atoms with van der Waals surface area (Å²) in [6.07, 6.45) is 7.28. The quantitative estimate of drug-likeness (QED) is 0.707. The molecule has 16 heavy (non-hydrogen) atoms. The lowest BCUT2D eigenvalue weighted by Gasteiger charge is -2.41. The van der Waals surface area contributed by atoms with Crippen LogP contribution in [0.4, 0.5) is 0 Å². The van der Waals surface area contributed by atoms with E-state index >= 15 is 0 Å². The van der Waals surface area contributed by atoms with E-state index in [2.05, 4.69) is 74.5 Å². The lowest BCUT2D eigenvalue weighted by molar-refractivity contribution is 0.473. The number of allylic oxidation sites excluding steroid dienone is 3. The van der Waals surface area contributed by atoms with Crippen LogP contribution in [0.2, 0.25) is 0 Å². The highest BCUT2D eigenvalue weighted by Gasteiger charge is 2.28. The van der Waals surface area contributed by atoms with Gasteiger partial charge in [0.2, 0.25) is 0 Å². The molecule has 0 unspecified atom stereocenters. The third kappa shape index (κ3) is 2.46. The standard InChI is InChI=1S/C11H23N4P/c1-13(2)16(14(3)4,15(5)6)12-11-9-7-8-10-11/h7-9H,10H2,1-6H3. The van der Waals surface area contributed by atoms with Crippen molar-refractivity contribution in [1.82, 2.24) is 14.0 Å². The van der Waals surface area contributed by atoms with Crippen LogP contribution in [0.25, 0.3) is 0 Å². The van der Waals surface area contributed by atoms with Gasteiger partial charge in [-0.15, -0.1) is 0 Å². The summed E-state index contributed by atoms with van der Waals surface area (Å²) in [7, 11) is 10.8. The van der Waals surface area contributed by atoms with E-state index in [0.29, 0.717) is 0 Å². The van der Waals surface area contributed by atoms with Crippen molar-refractivity contribution in [1.29, 1.82) is 0 Å². The molecule has 1 rings (SSSR count). The summed E-state index contributed by atoms with van der Waals surface area (Å²) in [5.41, 5.74) is 1.17. The van der Waals surface area contributed by atoms with Gasteiger partial charge in [-0.3, -0.25) is 14.0 Å². The molecule has 0 heterocycles. The van der Waals surface area contributed by atoms with Crippen LogP contribution in [-0.2, 0) is 0 Å². The fourth-order valence-corrected chi connectivity index (χ4v) is 5.20. The van der Waals surface area contributed by atoms with Gasteiger partial charge in [0.1, 0.15) is 0 Å². The molecule has 0 aromatic rings. The molecule has 1 aliphatic rings. The van der Waals surface area contributed by atoms with Crippen LogP contribution in [0, 0.1) is 0 Å². The van der Waals surface area contributed by atoms with Crippen LogP contribution < -0.4 is 0 Å². The third-order valence-corrected chi connectivity index (χ3v) is 6.37. The first-order chi connectivity index (χ1) is 7.41. The Hall–Kier alpha value is -0.410. The lowest BCUT2D eigenvalue weighted by Crippen LogP contribution is -2.30. The van der Waals surface area contributed by atoms with Gasteiger partial charge in [0, 0.05) is 12.1 Å². The molecule has 0 saturated carbocycles. The van der Waals surface area contributed by atoms with Crippen LogP contribution in [0.5, 0.6) is 0 Å². The van der Waals surface area contributed by atoms with Crippen molar-refractivity contribution in [3.63, 3.8) is 0 Å². The minimum atomic E-state index is -1.74. The highest BCUT2D eigenvalue weighted by molar-refractivity contribution is 7.59. The summed E-state index contributed by atoms with van der Waals surface area (Å²) in [6.45, 7) is 0. The SMILES string of the molecule is CN(C)P(=NC1=CC=CC1)(N(C)C)N(C)C. The van der Waals surface area contributed by atoms with E-state index in [-0.39, 0.29) is 0 Å². The molecule has 0 atom stereocenters. The van der Waals surface area contributed by atoms with Gasteiger partial charge in [-0.25, -0.2) is 4.74 Å². The third-order valence-electron chi connectivity index (χ3n) is 2.62. The molecule has 0 aromatic heterocycles. The minimum Gasteiger partial charge on any atom is -0.252 e. The van der Waals surface area contributed by atoms with Crippen molar-refractivity contribution in [3.8, 4) is 0 Å². The molecule has 0 amide bonds. The molecular formula is C11H23N4P. The molecular weight excluding hydrogens is 219 g/mol. The Morgan fingerprint density at radius 3 is 1.81 bits per heavy atom. The van der Waals surface area contributed by atoms with Gasteiger partial charge in [-0.1, -0.05) is 12.2 Å². The summed E-state index contributed by atoms with van der Waals surface area (Å²) in [4.78, 5) is 0. The molecule has 0 saturated heterocycles. The van der Waals surface area contributed by atoms with Gasteiger partial charge in [-0.05, 0) is 48.4 Å². The molecule has 1 aliphatic carbocycles. The van der Waals surface area contributed by atoms with Crippen LogP contribution in [0.15, 0.2) is 28.7 Å². The number of hydrogen-bond acceptors (Lipinski definition) is 1. The predicted molar refractivity (Wildman–Crippen MR) is 72.2 cm³/mol. The highest BCUT2D eigenvalue weighted by atomic mass is 31.2. The first-order valence-electron chi connectivity index (χ1n) is 5.42. The zero-order chi connectivity index (χ0) is 12.3. The average Bonchev–Trinajstić information content (AvgIpc) is 2.64. The largest absolute Gasteiger partial charge is 0.252 e. The van der Waals surface area contributed by atoms with Crippen molar-refractivity contribution in [3.05, 3.63) is 23.9 Å². The van der Waals surface area contributed by atoms with Gasteiger partial charge >= 0.3 is 0 Å². The molecule has 0 N–H and O–H groups in total. The summed E-state index contributed by atoms with van der Waals surface area (Å²) < 4.78 is 11.7. The van der Waals surface area contributed by atoms with E-state index in [0.717, 1.165) is 6.42 Å². The summed E-state index contributed by atoms with van der Waals surface area (Å²) in [6, 6.07) is 0. The molecule has 5 heteroatoms. The van der Waals surface area contributed by atoms with E-state index in [1.807, 2.05) is 0 Å². The van der Waals surface area contributed by atoms with Crippen LogP contribution in [0.1, 0.15) is 6.42 Å². The van der Waals surface area contributed by atoms with E-state index in [1.54, 1.807) is 0 Å². The summed E-state index contributed by atoms with van der Waals surface area (Å²) >= 11 is 0. The number of nitrogens with zero attached hydrogens (tertiary/aromatic N) is 4. The van der Waals surface area contributed by atoms with Crippen LogP contribution >= 0.6 is 7.51 Å². The molecule has 4 nitrogen and oxygen atoms in total. The van der Waals surface area contributed by atoms with E-state index in [1.165, 1.54) is 5.70 Å². The summed E-state index contributed by atoms with van der Waals surface area (Å²) in [5, 5.41) is 0. The van der Waals surface area contributed by atoms with Crippen molar-refractivity contribution < 1.29 is 0 Å². The second kappa shape index (κ2) is 5.28. The maximum Gasteiger partial charge on any atom is 0.171 e. The van der Waals surface area contributed by atoms with Gasteiger partial charge in [0.15, 0.2) is 7.51 Å². The molecule has 0 bridgehead atoms. The number of hydrogen-bond donors (Lipinski definition) is 0. The maximum absolute atomic E-state index is 4.99. The molecule has 0 aliphatic heterocycles. The Balaban J connectivity index is 3.21. The fourth-order valence-electron chi connectivity index (χ4n) is 2.02. The van der Waals surface area contributed by atoms with Crippen LogP contribution in [0.3, 0.4) is 0 Å².